The maximum Gasteiger partial charge on any atom is 0.282 e. The van der Waals surface area contributed by atoms with Gasteiger partial charge in [-0.15, -0.1) is 10.2 Å². The van der Waals surface area contributed by atoms with Crippen LogP contribution in [0.3, 0.4) is 0 Å². The molecule has 0 spiro atoms. The van der Waals surface area contributed by atoms with Gasteiger partial charge in [0.15, 0.2) is 0 Å². The zero-order valence-electron chi connectivity index (χ0n) is 14.7. The number of alkyl halides is 2. The van der Waals surface area contributed by atoms with Crippen LogP contribution in [0, 0.1) is 5.82 Å². The Bertz CT molecular complexity index is 1210. The summed E-state index contributed by atoms with van der Waals surface area (Å²) in [7, 11) is 0. The van der Waals surface area contributed by atoms with E-state index in [1.165, 1.54) is 17.0 Å². The van der Waals surface area contributed by atoms with E-state index in [4.69, 9.17) is 11.6 Å². The quantitative estimate of drug-likeness (QED) is 0.538. The molecule has 0 saturated carbocycles. The molecule has 2 aromatic heterocycles. The SMILES string of the molecule is Fc1cc(Cl)c2c(-c3ccccc3)c(-c3nn[nH]n3)c(N3CC(F)(F)C3)nc2c1. The molecule has 0 bridgehead atoms. The second kappa shape index (κ2) is 6.41. The van der Waals surface area contributed by atoms with E-state index in [0.29, 0.717) is 16.5 Å². The van der Waals surface area contributed by atoms with Crippen molar-refractivity contribution in [1.29, 1.82) is 0 Å². The first-order valence-corrected chi connectivity index (χ1v) is 9.05. The lowest BCUT2D eigenvalue weighted by atomic mass is 9.94. The average Bonchev–Trinajstić information content (AvgIpc) is 3.19. The summed E-state index contributed by atoms with van der Waals surface area (Å²) in [6, 6.07) is 11.6. The van der Waals surface area contributed by atoms with Crippen molar-refractivity contribution in [3.05, 3.63) is 53.3 Å². The number of nitrogens with zero attached hydrogens (tertiary/aromatic N) is 5. The van der Waals surface area contributed by atoms with Crippen LogP contribution in [0.5, 0.6) is 0 Å². The molecule has 0 radical (unpaired) electrons. The van der Waals surface area contributed by atoms with Gasteiger partial charge in [-0.2, -0.15) is 5.21 Å². The number of pyridine rings is 1. The minimum atomic E-state index is -2.82. The number of tetrazole rings is 1. The molecule has 4 aromatic rings. The van der Waals surface area contributed by atoms with E-state index in [9.17, 15) is 13.2 Å². The standard InChI is InChI=1S/C19H12ClF3N6/c20-12-6-11(21)7-13-15(12)14(10-4-2-1-3-5-10)16(17-25-27-28-26-17)18(24-13)29-8-19(22,23)9-29/h1-7H,8-9H2,(H,25,26,27,28). The number of aromatic nitrogens is 5. The molecule has 29 heavy (non-hydrogen) atoms. The first-order chi connectivity index (χ1) is 13.9. The normalized spacial score (nSPS) is 15.5. The summed E-state index contributed by atoms with van der Waals surface area (Å²) in [5, 5.41) is 14.7. The van der Waals surface area contributed by atoms with Crippen LogP contribution in [0.25, 0.3) is 33.4 Å². The minimum absolute atomic E-state index is 0.150. The molecule has 10 heteroatoms. The van der Waals surface area contributed by atoms with Crippen molar-refractivity contribution < 1.29 is 13.2 Å². The van der Waals surface area contributed by atoms with E-state index in [2.05, 4.69) is 25.6 Å². The number of benzene rings is 2. The maximum atomic E-state index is 14.1. The zero-order chi connectivity index (χ0) is 20.2. The van der Waals surface area contributed by atoms with Gasteiger partial charge < -0.3 is 4.90 Å². The van der Waals surface area contributed by atoms with E-state index >= 15 is 0 Å². The minimum Gasteiger partial charge on any atom is -0.344 e. The Morgan fingerprint density at radius 1 is 1.07 bits per heavy atom. The fourth-order valence-corrected chi connectivity index (χ4v) is 3.86. The van der Waals surface area contributed by atoms with Crippen molar-refractivity contribution in [2.45, 2.75) is 5.92 Å². The molecule has 2 aromatic carbocycles. The summed E-state index contributed by atoms with van der Waals surface area (Å²) in [6.07, 6.45) is 0. The molecule has 5 rings (SSSR count). The molecule has 1 fully saturated rings. The number of H-pyrrole nitrogens is 1. The second-order valence-corrected chi connectivity index (χ2v) is 7.19. The summed E-state index contributed by atoms with van der Waals surface area (Å²) >= 11 is 6.40. The van der Waals surface area contributed by atoms with E-state index in [1.807, 2.05) is 30.3 Å². The molecular weight excluding hydrogens is 405 g/mol. The number of rotatable bonds is 3. The summed E-state index contributed by atoms with van der Waals surface area (Å²) in [5.74, 6) is -2.98. The zero-order valence-corrected chi connectivity index (χ0v) is 15.5. The van der Waals surface area contributed by atoms with Crippen LogP contribution in [0.4, 0.5) is 19.0 Å². The molecular formula is C19H12ClF3N6. The fraction of sp³-hybridized carbons (Fsp3) is 0.158. The fourth-order valence-electron chi connectivity index (χ4n) is 3.57. The molecule has 1 saturated heterocycles. The number of fused-ring (bicyclic) bond motifs is 1. The highest BCUT2D eigenvalue weighted by Crippen LogP contribution is 2.46. The first kappa shape index (κ1) is 17.9. The Hall–Kier alpha value is -3.20. The highest BCUT2D eigenvalue weighted by atomic mass is 35.5. The van der Waals surface area contributed by atoms with Crippen LogP contribution in [0.1, 0.15) is 0 Å². The van der Waals surface area contributed by atoms with Crippen LogP contribution < -0.4 is 4.90 Å². The monoisotopic (exact) mass is 416 g/mol. The predicted octanol–water partition coefficient (Wildman–Crippen LogP) is 4.33. The van der Waals surface area contributed by atoms with Gasteiger partial charge in [-0.3, -0.25) is 0 Å². The largest absolute Gasteiger partial charge is 0.344 e. The van der Waals surface area contributed by atoms with E-state index in [1.54, 1.807) is 0 Å². The van der Waals surface area contributed by atoms with Gasteiger partial charge >= 0.3 is 0 Å². The van der Waals surface area contributed by atoms with Crippen molar-refractivity contribution in [1.82, 2.24) is 25.6 Å². The molecule has 6 nitrogen and oxygen atoms in total. The lowest BCUT2D eigenvalue weighted by molar-refractivity contribution is -0.0266. The van der Waals surface area contributed by atoms with Gasteiger partial charge in [-0.1, -0.05) is 41.9 Å². The van der Waals surface area contributed by atoms with Crippen molar-refractivity contribution in [2.75, 3.05) is 18.0 Å². The van der Waals surface area contributed by atoms with Gasteiger partial charge in [0.1, 0.15) is 11.6 Å². The van der Waals surface area contributed by atoms with Crippen LogP contribution in [0.15, 0.2) is 42.5 Å². The second-order valence-electron chi connectivity index (χ2n) is 6.78. The maximum absolute atomic E-state index is 14.1. The Labute approximate surface area is 167 Å². The number of halogens is 4. The third-order valence-corrected chi connectivity index (χ3v) is 5.06. The summed E-state index contributed by atoms with van der Waals surface area (Å²) < 4.78 is 41.3. The highest BCUT2D eigenvalue weighted by Gasteiger charge is 2.46. The van der Waals surface area contributed by atoms with Gasteiger partial charge in [-0.05, 0) is 16.8 Å². The van der Waals surface area contributed by atoms with Crippen LogP contribution in [0.2, 0.25) is 5.02 Å². The number of hydrogen-bond donors (Lipinski definition) is 1. The number of hydrogen-bond acceptors (Lipinski definition) is 5. The number of aromatic amines is 1. The molecule has 3 heterocycles. The third-order valence-electron chi connectivity index (χ3n) is 4.76. The molecule has 1 aliphatic rings. The highest BCUT2D eigenvalue weighted by molar-refractivity contribution is 6.37. The molecule has 0 unspecified atom stereocenters. The Kier molecular flexibility index (Phi) is 3.95. The number of nitrogens with one attached hydrogen (secondary N) is 1. The average molecular weight is 417 g/mol. The van der Waals surface area contributed by atoms with Crippen molar-refractivity contribution in [3.63, 3.8) is 0 Å². The molecule has 0 aliphatic carbocycles. The topological polar surface area (TPSA) is 70.6 Å². The van der Waals surface area contributed by atoms with Crippen molar-refractivity contribution in [2.24, 2.45) is 0 Å². The van der Waals surface area contributed by atoms with Gasteiger partial charge in [-0.25, -0.2) is 18.2 Å². The van der Waals surface area contributed by atoms with Crippen molar-refractivity contribution >= 4 is 28.3 Å². The number of anilines is 1. The smallest absolute Gasteiger partial charge is 0.282 e. The van der Waals surface area contributed by atoms with E-state index < -0.39 is 24.8 Å². The van der Waals surface area contributed by atoms with E-state index in [-0.39, 0.29) is 22.2 Å². The Morgan fingerprint density at radius 2 is 1.83 bits per heavy atom. The van der Waals surface area contributed by atoms with Crippen LogP contribution in [-0.4, -0.2) is 44.6 Å². The van der Waals surface area contributed by atoms with Gasteiger partial charge in [0.05, 0.1) is 29.2 Å². The Balaban J connectivity index is 1.90. The summed E-state index contributed by atoms with van der Waals surface area (Å²) in [4.78, 5) is 5.89. The lowest BCUT2D eigenvalue weighted by Gasteiger charge is -2.40. The predicted molar refractivity (Wildman–Crippen MR) is 102 cm³/mol. The molecule has 146 valence electrons. The summed E-state index contributed by atoms with van der Waals surface area (Å²) in [6.45, 7) is -1.01. The summed E-state index contributed by atoms with van der Waals surface area (Å²) in [5.41, 5.74) is 1.97. The Morgan fingerprint density at radius 3 is 2.48 bits per heavy atom. The van der Waals surface area contributed by atoms with Gasteiger partial charge in [0.2, 0.25) is 5.82 Å². The van der Waals surface area contributed by atoms with E-state index in [0.717, 1.165) is 5.56 Å². The molecule has 1 N–H and O–H groups in total. The lowest BCUT2D eigenvalue weighted by Crippen LogP contribution is -2.56. The molecule has 0 amide bonds. The molecule has 0 atom stereocenters. The van der Waals surface area contributed by atoms with Crippen LogP contribution in [-0.2, 0) is 0 Å². The van der Waals surface area contributed by atoms with Gasteiger partial charge in [0.25, 0.3) is 5.92 Å². The molecule has 1 aliphatic heterocycles. The van der Waals surface area contributed by atoms with Gasteiger partial charge in [0, 0.05) is 17.0 Å². The first-order valence-electron chi connectivity index (χ1n) is 8.68. The third kappa shape index (κ3) is 2.98. The van der Waals surface area contributed by atoms with Crippen LogP contribution >= 0.6 is 11.6 Å². The van der Waals surface area contributed by atoms with Crippen molar-refractivity contribution in [3.8, 4) is 22.5 Å².